The predicted octanol–water partition coefficient (Wildman–Crippen LogP) is 3.98. The molecule has 0 aliphatic carbocycles. The van der Waals surface area contributed by atoms with Gasteiger partial charge in [-0.25, -0.2) is 4.98 Å². The summed E-state index contributed by atoms with van der Waals surface area (Å²) in [5.41, 5.74) is 2.26. The van der Waals surface area contributed by atoms with Crippen molar-refractivity contribution in [2.45, 2.75) is 46.2 Å². The van der Waals surface area contributed by atoms with Crippen LogP contribution in [0.4, 0.5) is 0 Å². The van der Waals surface area contributed by atoms with Crippen LogP contribution in [0.2, 0.25) is 5.02 Å². The van der Waals surface area contributed by atoms with E-state index in [-0.39, 0.29) is 5.54 Å². The number of rotatable bonds is 4. The van der Waals surface area contributed by atoms with Gasteiger partial charge in [0.2, 0.25) is 0 Å². The Morgan fingerprint density at radius 2 is 2.05 bits per heavy atom. The zero-order chi connectivity index (χ0) is 14.8. The van der Waals surface area contributed by atoms with Gasteiger partial charge in [0, 0.05) is 41.5 Å². The third-order valence-electron chi connectivity index (χ3n) is 3.18. The van der Waals surface area contributed by atoms with Gasteiger partial charge in [0.15, 0.2) is 0 Å². The van der Waals surface area contributed by atoms with Crippen LogP contribution in [0.3, 0.4) is 0 Å². The Morgan fingerprint density at radius 3 is 2.70 bits per heavy atom. The van der Waals surface area contributed by atoms with Crippen LogP contribution in [0.15, 0.2) is 30.6 Å². The molecule has 3 nitrogen and oxygen atoms in total. The molecular formula is C16H22ClN3. The highest BCUT2D eigenvalue weighted by atomic mass is 35.5. The summed E-state index contributed by atoms with van der Waals surface area (Å²) in [6.45, 7) is 9.30. The van der Waals surface area contributed by atoms with Crippen molar-refractivity contribution in [3.05, 3.63) is 47.0 Å². The van der Waals surface area contributed by atoms with Gasteiger partial charge in [-0.2, -0.15) is 0 Å². The molecule has 108 valence electrons. The van der Waals surface area contributed by atoms with Crippen LogP contribution in [-0.2, 0) is 13.0 Å². The van der Waals surface area contributed by atoms with Crippen LogP contribution in [0.5, 0.6) is 0 Å². The predicted molar refractivity (Wildman–Crippen MR) is 84.5 cm³/mol. The number of nitrogens with zero attached hydrogens (tertiary/aromatic N) is 2. The summed E-state index contributed by atoms with van der Waals surface area (Å²) in [4.78, 5) is 4.39. The Balaban J connectivity index is 2.41. The lowest BCUT2D eigenvalue weighted by Crippen LogP contribution is -2.35. The molecule has 0 saturated carbocycles. The van der Waals surface area contributed by atoms with Crippen molar-refractivity contribution in [1.29, 1.82) is 0 Å². The third kappa shape index (κ3) is 3.41. The van der Waals surface area contributed by atoms with Crippen LogP contribution < -0.4 is 5.32 Å². The van der Waals surface area contributed by atoms with Crippen LogP contribution in [0.25, 0.3) is 5.69 Å². The van der Waals surface area contributed by atoms with Crippen molar-refractivity contribution in [2.24, 2.45) is 0 Å². The summed E-state index contributed by atoms with van der Waals surface area (Å²) in [5.74, 6) is 1.05. The highest BCUT2D eigenvalue weighted by molar-refractivity contribution is 6.31. The molecule has 20 heavy (non-hydrogen) atoms. The lowest BCUT2D eigenvalue weighted by Gasteiger charge is -2.22. The fourth-order valence-electron chi connectivity index (χ4n) is 2.12. The summed E-state index contributed by atoms with van der Waals surface area (Å²) in [6, 6.07) is 6.01. The van der Waals surface area contributed by atoms with Gasteiger partial charge in [0.1, 0.15) is 5.82 Å². The molecule has 0 saturated heterocycles. The van der Waals surface area contributed by atoms with E-state index in [2.05, 4.69) is 48.6 Å². The van der Waals surface area contributed by atoms with E-state index in [0.29, 0.717) is 0 Å². The van der Waals surface area contributed by atoms with Crippen LogP contribution in [-0.4, -0.2) is 15.1 Å². The molecule has 0 amide bonds. The molecule has 0 spiro atoms. The molecule has 0 bridgehead atoms. The Bertz CT molecular complexity index is 582. The van der Waals surface area contributed by atoms with E-state index in [9.17, 15) is 0 Å². The second kappa shape index (κ2) is 5.98. The van der Waals surface area contributed by atoms with Crippen LogP contribution >= 0.6 is 11.6 Å². The monoisotopic (exact) mass is 291 g/mol. The molecular weight excluding hydrogens is 270 g/mol. The minimum Gasteiger partial charge on any atom is -0.308 e. The second-order valence-corrected chi connectivity index (χ2v) is 6.32. The molecule has 1 aromatic heterocycles. The zero-order valence-electron chi connectivity index (χ0n) is 12.6. The second-order valence-electron chi connectivity index (χ2n) is 5.91. The van der Waals surface area contributed by atoms with E-state index in [0.717, 1.165) is 35.1 Å². The smallest absolute Gasteiger partial charge is 0.112 e. The molecule has 2 rings (SSSR count). The average molecular weight is 292 g/mol. The molecule has 1 aromatic carbocycles. The molecule has 0 aliphatic heterocycles. The number of halogens is 1. The number of aromatic nitrogens is 2. The first kappa shape index (κ1) is 15.1. The van der Waals surface area contributed by atoms with Crippen LogP contribution in [0, 0.1) is 0 Å². The highest BCUT2D eigenvalue weighted by Gasteiger charge is 2.14. The van der Waals surface area contributed by atoms with Gasteiger partial charge in [0.05, 0.1) is 5.69 Å². The van der Waals surface area contributed by atoms with Gasteiger partial charge in [0.25, 0.3) is 0 Å². The van der Waals surface area contributed by atoms with E-state index in [4.69, 9.17) is 11.6 Å². The quantitative estimate of drug-likeness (QED) is 0.923. The molecule has 4 heteroatoms. The number of nitrogens with one attached hydrogen (secondary N) is 1. The number of imidazole rings is 1. The molecule has 1 heterocycles. The highest BCUT2D eigenvalue weighted by Crippen LogP contribution is 2.25. The molecule has 2 aromatic rings. The summed E-state index contributed by atoms with van der Waals surface area (Å²) >= 11 is 6.40. The number of benzene rings is 1. The minimum atomic E-state index is 0.0545. The molecule has 0 fully saturated rings. The summed E-state index contributed by atoms with van der Waals surface area (Å²) in [7, 11) is 0. The number of hydrogen-bond acceptors (Lipinski definition) is 2. The first-order chi connectivity index (χ1) is 9.42. The lowest BCUT2D eigenvalue weighted by molar-refractivity contribution is 0.424. The van der Waals surface area contributed by atoms with Crippen molar-refractivity contribution < 1.29 is 0 Å². The Hall–Kier alpha value is -1.32. The van der Waals surface area contributed by atoms with E-state index < -0.39 is 0 Å². The van der Waals surface area contributed by atoms with Crippen LogP contribution in [0.1, 0.15) is 39.1 Å². The Kier molecular flexibility index (Phi) is 4.51. The maximum absolute atomic E-state index is 6.40. The van der Waals surface area contributed by atoms with Gasteiger partial charge in [-0.3, -0.25) is 0 Å². The molecule has 0 atom stereocenters. The summed E-state index contributed by atoms with van der Waals surface area (Å²) in [6.07, 6.45) is 4.72. The van der Waals surface area contributed by atoms with Crippen molar-refractivity contribution in [3.8, 4) is 5.69 Å². The first-order valence-corrected chi connectivity index (χ1v) is 7.35. The lowest BCUT2D eigenvalue weighted by atomic mass is 10.1. The standard InChI is InChI=1S/C16H22ClN3/c1-5-15-18-9-10-20(15)14-8-6-7-13(17)12(14)11-19-16(2,3)4/h6-10,19H,5,11H2,1-4H3. The number of hydrogen-bond donors (Lipinski definition) is 1. The summed E-state index contributed by atoms with van der Waals surface area (Å²) in [5, 5.41) is 4.29. The van der Waals surface area contributed by atoms with Gasteiger partial charge >= 0.3 is 0 Å². The maximum atomic E-state index is 6.40. The van der Waals surface area contributed by atoms with Gasteiger partial charge < -0.3 is 9.88 Å². The largest absolute Gasteiger partial charge is 0.308 e. The topological polar surface area (TPSA) is 29.9 Å². The van der Waals surface area contributed by atoms with Crippen molar-refractivity contribution in [2.75, 3.05) is 0 Å². The fraction of sp³-hybridized carbons (Fsp3) is 0.438. The third-order valence-corrected chi connectivity index (χ3v) is 3.54. The van der Waals surface area contributed by atoms with Gasteiger partial charge in [-0.05, 0) is 32.9 Å². The number of aryl methyl sites for hydroxylation is 1. The summed E-state index contributed by atoms with van der Waals surface area (Å²) < 4.78 is 2.12. The molecule has 1 N–H and O–H groups in total. The fourth-order valence-corrected chi connectivity index (χ4v) is 2.35. The minimum absolute atomic E-state index is 0.0545. The Labute approximate surface area is 126 Å². The zero-order valence-corrected chi connectivity index (χ0v) is 13.3. The van der Waals surface area contributed by atoms with Gasteiger partial charge in [-0.1, -0.05) is 24.6 Å². The average Bonchev–Trinajstić information content (AvgIpc) is 2.84. The van der Waals surface area contributed by atoms with E-state index in [1.807, 2.05) is 24.5 Å². The molecule has 0 radical (unpaired) electrons. The van der Waals surface area contributed by atoms with Crippen molar-refractivity contribution in [1.82, 2.24) is 14.9 Å². The van der Waals surface area contributed by atoms with E-state index >= 15 is 0 Å². The molecule has 0 aliphatic rings. The van der Waals surface area contributed by atoms with Crippen molar-refractivity contribution in [3.63, 3.8) is 0 Å². The maximum Gasteiger partial charge on any atom is 0.112 e. The molecule has 0 unspecified atom stereocenters. The first-order valence-electron chi connectivity index (χ1n) is 6.97. The van der Waals surface area contributed by atoms with E-state index in [1.165, 1.54) is 0 Å². The van der Waals surface area contributed by atoms with E-state index in [1.54, 1.807) is 0 Å². The Morgan fingerprint density at radius 1 is 1.30 bits per heavy atom. The van der Waals surface area contributed by atoms with Crippen molar-refractivity contribution >= 4 is 11.6 Å². The SMILES string of the molecule is CCc1nccn1-c1cccc(Cl)c1CNC(C)(C)C. The normalized spacial score (nSPS) is 11.8. The van der Waals surface area contributed by atoms with Gasteiger partial charge in [-0.15, -0.1) is 0 Å².